The fourth-order valence-corrected chi connectivity index (χ4v) is 13.3. The van der Waals surface area contributed by atoms with Crippen molar-refractivity contribution in [2.24, 2.45) is 0 Å². The van der Waals surface area contributed by atoms with E-state index in [2.05, 4.69) is 206 Å². The predicted molar refractivity (Wildman–Crippen MR) is 258 cm³/mol. The van der Waals surface area contributed by atoms with Crippen molar-refractivity contribution in [3.63, 3.8) is 0 Å². The van der Waals surface area contributed by atoms with Crippen molar-refractivity contribution in [3.8, 4) is 33.7 Å². The topological polar surface area (TPSA) is 26.3 Å². The molecule has 3 heteroatoms. The van der Waals surface area contributed by atoms with Crippen LogP contribution in [-0.4, -0.2) is 8.07 Å². The molecule has 0 aliphatic heterocycles. The third-order valence-corrected chi connectivity index (χ3v) is 16.4. The summed E-state index contributed by atoms with van der Waals surface area (Å²) in [5.74, 6) is 4.03. The summed E-state index contributed by atoms with van der Waals surface area (Å²) in [5, 5.41) is 12.6. The first kappa shape index (κ1) is 35.1. The smallest absolute Gasteiger partial charge is 0.230 e. The summed E-state index contributed by atoms with van der Waals surface area (Å²) in [4.78, 5) is 0. The van der Waals surface area contributed by atoms with E-state index in [-0.39, 0.29) is 0 Å². The Balaban J connectivity index is 1.21. The van der Waals surface area contributed by atoms with Gasteiger partial charge in [-0.05, 0) is 102 Å². The van der Waals surface area contributed by atoms with Gasteiger partial charge in [0.25, 0.3) is 0 Å². The maximum absolute atomic E-state index is 6.41. The number of fused-ring (bicyclic) bond motifs is 8. The predicted octanol–water partition coefficient (Wildman–Crippen LogP) is 13.2. The standard InChI is InChI=1S/C58H36O2Si/c1-4-16-39(17-5-1)41-28-31-46-47(45-22-10-11-25-50(45)58(53(46)36-41)40-18-6-2-7-19-40)34-35-61(42-20-8-3-9-21-42,43-29-32-56-51(37-43)48-23-12-14-26-54(48)59-56)44-30-33-57-52(38-44)49-24-13-15-27-55(49)60-57/h1-33,36-38H. The Labute approximate surface area is 354 Å². The molecule has 0 radical (unpaired) electrons. The Morgan fingerprint density at radius 2 is 0.770 bits per heavy atom. The van der Waals surface area contributed by atoms with E-state index in [1.165, 1.54) is 48.6 Å². The average molecular weight is 793 g/mol. The Morgan fingerprint density at radius 1 is 0.295 bits per heavy atom. The van der Waals surface area contributed by atoms with E-state index in [9.17, 15) is 0 Å². The van der Waals surface area contributed by atoms with Gasteiger partial charge in [0.1, 0.15) is 22.3 Å². The second-order valence-corrected chi connectivity index (χ2v) is 19.3. The number of benzene rings is 10. The lowest BCUT2D eigenvalue weighted by Gasteiger charge is -2.28. The number of rotatable bonds is 5. The van der Waals surface area contributed by atoms with Crippen LogP contribution in [0.25, 0.3) is 87.7 Å². The van der Waals surface area contributed by atoms with Gasteiger partial charge in [-0.25, -0.2) is 0 Å². The zero-order valence-electron chi connectivity index (χ0n) is 33.1. The maximum atomic E-state index is 6.41. The molecule has 0 fully saturated rings. The van der Waals surface area contributed by atoms with E-state index >= 15 is 0 Å². The van der Waals surface area contributed by atoms with Gasteiger partial charge >= 0.3 is 0 Å². The third-order valence-electron chi connectivity index (χ3n) is 12.4. The van der Waals surface area contributed by atoms with Crippen molar-refractivity contribution in [2.75, 3.05) is 0 Å². The molecule has 2 nitrogen and oxygen atoms in total. The summed E-state index contributed by atoms with van der Waals surface area (Å²) in [6, 6.07) is 78.3. The van der Waals surface area contributed by atoms with E-state index < -0.39 is 8.07 Å². The van der Waals surface area contributed by atoms with Crippen LogP contribution < -0.4 is 15.6 Å². The van der Waals surface area contributed by atoms with Crippen LogP contribution in [0.15, 0.2) is 227 Å². The maximum Gasteiger partial charge on any atom is 0.230 e. The van der Waals surface area contributed by atoms with Crippen molar-refractivity contribution < 1.29 is 8.83 Å². The molecular weight excluding hydrogens is 757 g/mol. The Bertz CT molecular complexity index is 3590. The first-order valence-corrected chi connectivity index (χ1v) is 22.7. The molecule has 284 valence electrons. The first-order chi connectivity index (χ1) is 30.2. The highest BCUT2D eigenvalue weighted by Crippen LogP contribution is 2.41. The Kier molecular flexibility index (Phi) is 8.13. The highest BCUT2D eigenvalue weighted by molar-refractivity contribution is 7.17. The monoisotopic (exact) mass is 792 g/mol. The number of hydrogen-bond acceptors (Lipinski definition) is 2. The van der Waals surface area contributed by atoms with Crippen LogP contribution in [0.2, 0.25) is 0 Å². The summed E-state index contributed by atoms with van der Waals surface area (Å²) >= 11 is 0. The molecule has 12 rings (SSSR count). The second-order valence-electron chi connectivity index (χ2n) is 15.8. The molecule has 0 spiro atoms. The van der Waals surface area contributed by atoms with Gasteiger partial charge in [-0.15, -0.1) is 5.54 Å². The molecule has 61 heavy (non-hydrogen) atoms. The van der Waals surface area contributed by atoms with Gasteiger partial charge in [-0.3, -0.25) is 0 Å². The lowest BCUT2D eigenvalue weighted by Crippen LogP contribution is -2.66. The first-order valence-electron chi connectivity index (χ1n) is 20.7. The van der Waals surface area contributed by atoms with Crippen molar-refractivity contribution >= 4 is 89.1 Å². The molecule has 2 heterocycles. The van der Waals surface area contributed by atoms with Crippen LogP contribution in [0.5, 0.6) is 0 Å². The van der Waals surface area contributed by atoms with Crippen LogP contribution >= 0.6 is 0 Å². The number of furan rings is 2. The van der Waals surface area contributed by atoms with Crippen molar-refractivity contribution in [1.82, 2.24) is 0 Å². The summed E-state index contributed by atoms with van der Waals surface area (Å²) in [6.45, 7) is 0. The van der Waals surface area contributed by atoms with Gasteiger partial charge in [0.2, 0.25) is 8.07 Å². The van der Waals surface area contributed by atoms with Crippen LogP contribution in [0, 0.1) is 11.5 Å². The van der Waals surface area contributed by atoms with Gasteiger partial charge in [0, 0.05) is 27.1 Å². The molecule has 10 aromatic carbocycles. The van der Waals surface area contributed by atoms with Gasteiger partial charge < -0.3 is 8.83 Å². The number of hydrogen-bond donors (Lipinski definition) is 0. The molecule has 0 saturated heterocycles. The van der Waals surface area contributed by atoms with Crippen LogP contribution in [0.3, 0.4) is 0 Å². The van der Waals surface area contributed by atoms with E-state index in [1.807, 2.05) is 24.3 Å². The molecule has 2 aromatic heterocycles. The third kappa shape index (κ3) is 5.65. The summed E-state index contributed by atoms with van der Waals surface area (Å²) < 4.78 is 12.8. The zero-order valence-corrected chi connectivity index (χ0v) is 34.1. The van der Waals surface area contributed by atoms with Gasteiger partial charge in [0.15, 0.2) is 0 Å². The summed E-state index contributed by atoms with van der Waals surface area (Å²) in [5.41, 5.74) is 13.5. The van der Waals surface area contributed by atoms with Gasteiger partial charge in [0.05, 0.1) is 0 Å². The minimum atomic E-state index is -3.22. The quantitative estimate of drug-likeness (QED) is 0.0751. The highest BCUT2D eigenvalue weighted by atomic mass is 28.3. The Morgan fingerprint density at radius 3 is 1.38 bits per heavy atom. The average Bonchev–Trinajstić information content (AvgIpc) is 3.90. The largest absolute Gasteiger partial charge is 0.456 e. The van der Waals surface area contributed by atoms with Crippen LogP contribution in [0.1, 0.15) is 5.56 Å². The van der Waals surface area contributed by atoms with E-state index in [0.29, 0.717) is 0 Å². The lowest BCUT2D eigenvalue weighted by atomic mass is 9.87. The van der Waals surface area contributed by atoms with Crippen molar-refractivity contribution in [2.45, 2.75) is 0 Å². The van der Waals surface area contributed by atoms with E-state index in [1.54, 1.807) is 0 Å². The minimum absolute atomic E-state index is 0.868. The molecule has 0 saturated carbocycles. The molecule has 0 amide bonds. The molecule has 0 atom stereocenters. The van der Waals surface area contributed by atoms with Gasteiger partial charge in [-0.2, -0.15) is 0 Å². The molecular formula is C58H36O2Si. The summed E-state index contributed by atoms with van der Waals surface area (Å²) in [6.07, 6.45) is 0. The molecule has 12 aromatic rings. The van der Waals surface area contributed by atoms with Crippen LogP contribution in [-0.2, 0) is 0 Å². The number of para-hydroxylation sites is 2. The lowest BCUT2D eigenvalue weighted by molar-refractivity contribution is 0.668. The fraction of sp³-hybridized carbons (Fsp3) is 0. The highest BCUT2D eigenvalue weighted by Gasteiger charge is 2.39. The normalized spacial score (nSPS) is 11.8. The van der Waals surface area contributed by atoms with E-state index in [4.69, 9.17) is 8.83 Å². The second kappa shape index (κ2) is 14.1. The van der Waals surface area contributed by atoms with Crippen molar-refractivity contribution in [1.29, 1.82) is 0 Å². The Hall–Kier alpha value is -7.90. The fourth-order valence-electron chi connectivity index (χ4n) is 9.52. The SMILES string of the molecule is C(#C[Si](c1ccccc1)(c1ccc2oc3ccccc3c2c1)c1ccc2oc3ccccc3c2c1)c1c2ccccc2c(-c2ccccc2)c2cc(-c3ccccc3)ccc12. The van der Waals surface area contributed by atoms with Gasteiger partial charge in [-0.1, -0.05) is 182 Å². The molecule has 0 aliphatic carbocycles. The molecule has 0 aliphatic rings. The minimum Gasteiger partial charge on any atom is -0.456 e. The van der Waals surface area contributed by atoms with E-state index in [0.717, 1.165) is 60.2 Å². The van der Waals surface area contributed by atoms with Crippen LogP contribution in [0.4, 0.5) is 0 Å². The summed E-state index contributed by atoms with van der Waals surface area (Å²) in [7, 11) is -3.22. The van der Waals surface area contributed by atoms with Crippen molar-refractivity contribution in [3.05, 3.63) is 224 Å². The molecule has 0 bridgehead atoms. The molecule has 0 N–H and O–H groups in total. The zero-order chi connectivity index (χ0) is 40.3. The molecule has 0 unspecified atom stereocenters.